The van der Waals surface area contributed by atoms with Crippen LogP contribution in [0.25, 0.3) is 0 Å². The third kappa shape index (κ3) is 15.5. The molecule has 11 heteroatoms. The normalized spacial score (nSPS) is 11.9. The van der Waals surface area contributed by atoms with Crippen LogP contribution in [0.15, 0.2) is 37.0 Å². The number of nitrogens with one attached hydrogen (secondary N) is 2. The number of nitrogens with zero attached hydrogens (tertiary/aromatic N) is 1. The quantitative estimate of drug-likeness (QED) is 0.308. The number of carbonyl (C=O) groups is 3. The minimum Gasteiger partial charge on any atom is -0.445 e. The topological polar surface area (TPSA) is 97.0 Å². The van der Waals surface area contributed by atoms with E-state index in [9.17, 15) is 27.6 Å². The fourth-order valence-electron chi connectivity index (χ4n) is 2.42. The maximum absolute atomic E-state index is 12.8. The number of allylic oxidation sites excluding steroid dienone is 2. The summed E-state index contributed by atoms with van der Waals surface area (Å²) in [7, 11) is 0. The summed E-state index contributed by atoms with van der Waals surface area (Å²) in [4.78, 5) is 35.5. The van der Waals surface area contributed by atoms with Crippen LogP contribution in [0.2, 0.25) is 0 Å². The number of halogens is 3. The van der Waals surface area contributed by atoms with Crippen molar-refractivity contribution < 1.29 is 37.0 Å². The van der Waals surface area contributed by atoms with E-state index in [1.807, 2.05) is 0 Å². The van der Waals surface area contributed by atoms with Gasteiger partial charge in [0, 0.05) is 26.2 Å². The molecule has 0 aromatic carbocycles. The molecule has 188 valence electrons. The van der Waals surface area contributed by atoms with Gasteiger partial charge in [-0.25, -0.2) is 9.59 Å². The van der Waals surface area contributed by atoms with Crippen LogP contribution in [0, 0.1) is 0 Å². The lowest BCUT2D eigenvalue weighted by molar-refractivity contribution is -0.185. The molecule has 0 aliphatic heterocycles. The number of unbranched alkanes of at least 4 members (excludes halogenated alkanes) is 2. The Labute approximate surface area is 192 Å². The van der Waals surface area contributed by atoms with Crippen LogP contribution in [0.3, 0.4) is 0 Å². The largest absolute Gasteiger partial charge is 0.471 e. The average Bonchev–Trinajstić information content (AvgIpc) is 2.69. The Hall–Kier alpha value is -2.98. The molecule has 0 aliphatic rings. The van der Waals surface area contributed by atoms with Crippen molar-refractivity contribution in [3.05, 3.63) is 37.0 Å². The lowest BCUT2D eigenvalue weighted by Crippen LogP contribution is -2.45. The number of alkyl halides is 3. The lowest BCUT2D eigenvalue weighted by atomic mass is 10.2. The zero-order chi connectivity index (χ0) is 25.5. The molecule has 0 saturated heterocycles. The van der Waals surface area contributed by atoms with Crippen LogP contribution >= 0.6 is 0 Å². The molecule has 0 radical (unpaired) electrons. The van der Waals surface area contributed by atoms with Gasteiger partial charge in [0.25, 0.3) is 0 Å². The van der Waals surface area contributed by atoms with Gasteiger partial charge in [-0.1, -0.05) is 31.4 Å². The molecule has 0 bridgehead atoms. The lowest BCUT2D eigenvalue weighted by Gasteiger charge is -2.24. The molecule has 2 N–H and O–H groups in total. The van der Waals surface area contributed by atoms with E-state index in [1.165, 1.54) is 6.08 Å². The van der Waals surface area contributed by atoms with Gasteiger partial charge in [-0.15, -0.1) is 0 Å². The molecule has 0 atom stereocenters. The third-order valence-corrected chi connectivity index (χ3v) is 3.92. The number of ether oxygens (including phenoxy) is 2. The Morgan fingerprint density at radius 2 is 1.58 bits per heavy atom. The predicted molar refractivity (Wildman–Crippen MR) is 119 cm³/mol. The number of hydrogen-bond acceptors (Lipinski definition) is 5. The second-order valence-electron chi connectivity index (χ2n) is 7.96. The number of amides is 3. The molecule has 0 unspecified atom stereocenters. The summed E-state index contributed by atoms with van der Waals surface area (Å²) in [5.41, 5.74) is -0.0712. The van der Waals surface area contributed by atoms with Crippen molar-refractivity contribution in [2.75, 3.05) is 32.8 Å². The van der Waals surface area contributed by atoms with Gasteiger partial charge in [-0.3, -0.25) is 4.79 Å². The summed E-state index contributed by atoms with van der Waals surface area (Å²) in [6.07, 6.45) is -0.461. The highest BCUT2D eigenvalue weighted by molar-refractivity contribution is 5.81. The van der Waals surface area contributed by atoms with Crippen molar-refractivity contribution in [1.29, 1.82) is 0 Å². The first-order valence-electron chi connectivity index (χ1n) is 10.5. The van der Waals surface area contributed by atoms with Crippen LogP contribution in [0.5, 0.6) is 0 Å². The Kier molecular flexibility index (Phi) is 13.6. The first-order chi connectivity index (χ1) is 15.3. The number of hydrogen-bond donors (Lipinski definition) is 2. The summed E-state index contributed by atoms with van der Waals surface area (Å²) in [6, 6.07) is 0. The summed E-state index contributed by atoms with van der Waals surface area (Å²) in [5.74, 6) is -1.97. The van der Waals surface area contributed by atoms with Gasteiger partial charge in [-0.2, -0.15) is 13.2 Å². The number of carbonyl (C=O) groups excluding carboxylic acids is 3. The SMILES string of the molecule is C=C/C=C(\C=C)COC(=O)NCCCCCN(CCNC(=O)OC(C)(C)C)C(=O)C(F)(F)F. The standard InChI is InChI=1S/C22H34F3N3O5/c1-6-11-17(7-2)16-32-19(30)26-12-9-8-10-14-28(18(29)22(23,24)25)15-13-27-20(31)33-21(3,4)5/h6-7,11H,1-2,8-10,12-16H2,3-5H3,(H,26,30)(H,27,31)/b17-11+. The van der Waals surface area contributed by atoms with Crippen molar-refractivity contribution in [3.8, 4) is 0 Å². The van der Waals surface area contributed by atoms with E-state index >= 15 is 0 Å². The van der Waals surface area contributed by atoms with Crippen LogP contribution in [0.1, 0.15) is 40.0 Å². The smallest absolute Gasteiger partial charge is 0.445 e. The maximum Gasteiger partial charge on any atom is 0.471 e. The van der Waals surface area contributed by atoms with Crippen molar-refractivity contribution in [2.45, 2.75) is 51.8 Å². The molecule has 33 heavy (non-hydrogen) atoms. The van der Waals surface area contributed by atoms with Gasteiger partial charge in [0.1, 0.15) is 12.2 Å². The molecule has 8 nitrogen and oxygen atoms in total. The van der Waals surface area contributed by atoms with E-state index in [0.717, 1.165) is 0 Å². The molecule has 0 aromatic heterocycles. The Bertz CT molecular complexity index is 700. The number of rotatable bonds is 13. The minimum absolute atomic E-state index is 0.0349. The van der Waals surface area contributed by atoms with E-state index in [1.54, 1.807) is 32.9 Å². The Morgan fingerprint density at radius 1 is 0.939 bits per heavy atom. The van der Waals surface area contributed by atoms with Crippen molar-refractivity contribution in [3.63, 3.8) is 0 Å². The molecule has 3 amide bonds. The second-order valence-corrected chi connectivity index (χ2v) is 7.96. The molecular weight excluding hydrogens is 443 g/mol. The van der Waals surface area contributed by atoms with Gasteiger partial charge in [0.2, 0.25) is 0 Å². The summed E-state index contributed by atoms with van der Waals surface area (Å²) < 4.78 is 48.6. The fraction of sp³-hybridized carbons (Fsp3) is 0.591. The molecule has 0 fully saturated rings. The third-order valence-electron chi connectivity index (χ3n) is 3.92. The van der Waals surface area contributed by atoms with E-state index in [4.69, 9.17) is 9.47 Å². The van der Waals surface area contributed by atoms with Gasteiger partial charge < -0.3 is 25.0 Å². The van der Waals surface area contributed by atoms with Crippen LogP contribution in [-0.4, -0.2) is 67.6 Å². The van der Waals surface area contributed by atoms with Gasteiger partial charge in [0.05, 0.1) is 0 Å². The van der Waals surface area contributed by atoms with E-state index in [0.29, 0.717) is 23.3 Å². The molecule has 0 saturated carbocycles. The summed E-state index contributed by atoms with van der Waals surface area (Å²) >= 11 is 0. The maximum atomic E-state index is 12.8. The molecule has 0 aromatic rings. The molecule has 0 rings (SSSR count). The van der Waals surface area contributed by atoms with Crippen molar-refractivity contribution in [1.82, 2.24) is 15.5 Å². The van der Waals surface area contributed by atoms with Crippen molar-refractivity contribution in [2.24, 2.45) is 0 Å². The first kappa shape index (κ1) is 30.0. The highest BCUT2D eigenvalue weighted by Crippen LogP contribution is 2.18. The average molecular weight is 478 g/mol. The molecular formula is C22H34F3N3O5. The molecule has 0 spiro atoms. The Balaban J connectivity index is 4.35. The van der Waals surface area contributed by atoms with E-state index in [-0.39, 0.29) is 39.2 Å². The van der Waals surface area contributed by atoms with Crippen LogP contribution in [0.4, 0.5) is 22.8 Å². The zero-order valence-corrected chi connectivity index (χ0v) is 19.4. The molecule has 0 aliphatic carbocycles. The molecule has 0 heterocycles. The van der Waals surface area contributed by atoms with Gasteiger partial charge in [-0.05, 0) is 45.6 Å². The highest BCUT2D eigenvalue weighted by Gasteiger charge is 2.42. The zero-order valence-electron chi connectivity index (χ0n) is 19.4. The second kappa shape index (κ2) is 15.0. The summed E-state index contributed by atoms with van der Waals surface area (Å²) in [5, 5.41) is 4.87. The monoisotopic (exact) mass is 477 g/mol. The van der Waals surface area contributed by atoms with Crippen molar-refractivity contribution >= 4 is 18.1 Å². The Morgan fingerprint density at radius 3 is 2.12 bits per heavy atom. The minimum atomic E-state index is -5.01. The van der Waals surface area contributed by atoms with E-state index < -0.39 is 29.9 Å². The first-order valence-corrected chi connectivity index (χ1v) is 10.5. The van der Waals surface area contributed by atoms with E-state index in [2.05, 4.69) is 23.8 Å². The van der Waals surface area contributed by atoms with Crippen LogP contribution in [-0.2, 0) is 14.3 Å². The number of alkyl carbamates (subject to hydrolysis) is 2. The van der Waals surface area contributed by atoms with Gasteiger partial charge >= 0.3 is 24.3 Å². The highest BCUT2D eigenvalue weighted by atomic mass is 19.4. The predicted octanol–water partition coefficient (Wildman–Crippen LogP) is 4.10. The summed E-state index contributed by atoms with van der Waals surface area (Å²) in [6.45, 7) is 11.7. The van der Waals surface area contributed by atoms with Crippen LogP contribution < -0.4 is 10.6 Å². The fourth-order valence-corrected chi connectivity index (χ4v) is 2.42. The van der Waals surface area contributed by atoms with Gasteiger partial charge in [0.15, 0.2) is 0 Å².